The van der Waals surface area contributed by atoms with Crippen LogP contribution >= 0.6 is 0 Å². The van der Waals surface area contributed by atoms with E-state index in [-0.39, 0.29) is 18.4 Å². The van der Waals surface area contributed by atoms with Gasteiger partial charge in [0.1, 0.15) is 17.6 Å². The van der Waals surface area contributed by atoms with Gasteiger partial charge in [-0.15, -0.1) is 5.10 Å². The number of nitrogens with zero attached hydrogens (tertiary/aromatic N) is 5. The van der Waals surface area contributed by atoms with E-state index in [0.29, 0.717) is 6.54 Å². The van der Waals surface area contributed by atoms with Crippen molar-refractivity contribution in [1.29, 1.82) is 5.26 Å². The minimum absolute atomic E-state index is 0.0290. The van der Waals surface area contributed by atoms with Gasteiger partial charge >= 0.3 is 0 Å². The number of nitrogens with one attached hydrogen (secondary N) is 2. The van der Waals surface area contributed by atoms with Crippen LogP contribution in [0.3, 0.4) is 0 Å². The SMILES string of the molecule is N#CCC(=O)NC1CCCN(c2cnnc3cnc4[nH]ccc4c23)C1. The molecule has 25 heavy (non-hydrogen) atoms. The number of anilines is 1. The summed E-state index contributed by atoms with van der Waals surface area (Å²) in [4.78, 5) is 21.4. The number of carbonyl (C=O) groups excluding carboxylic acids is 1. The molecule has 0 spiro atoms. The van der Waals surface area contributed by atoms with Crippen molar-refractivity contribution in [1.82, 2.24) is 25.5 Å². The molecule has 1 aliphatic heterocycles. The molecule has 0 saturated carbocycles. The van der Waals surface area contributed by atoms with Gasteiger partial charge < -0.3 is 15.2 Å². The number of aromatic nitrogens is 4. The van der Waals surface area contributed by atoms with Crippen LogP contribution < -0.4 is 10.2 Å². The zero-order valence-electron chi connectivity index (χ0n) is 13.6. The average Bonchev–Trinajstić information content (AvgIpc) is 3.10. The molecule has 0 bridgehead atoms. The fourth-order valence-electron chi connectivity index (χ4n) is 3.46. The van der Waals surface area contributed by atoms with Crippen LogP contribution in [0, 0.1) is 11.3 Å². The highest BCUT2D eigenvalue weighted by molar-refractivity contribution is 6.09. The number of fused-ring (bicyclic) bond motifs is 3. The number of nitriles is 1. The highest BCUT2D eigenvalue weighted by atomic mass is 16.1. The number of amides is 1. The fraction of sp³-hybridized carbons (Fsp3) is 0.353. The van der Waals surface area contributed by atoms with Crippen molar-refractivity contribution in [3.05, 3.63) is 24.7 Å². The second-order valence-electron chi connectivity index (χ2n) is 6.18. The maximum atomic E-state index is 11.7. The Morgan fingerprint density at radius 2 is 2.40 bits per heavy atom. The normalized spacial score (nSPS) is 17.6. The Balaban J connectivity index is 1.68. The van der Waals surface area contributed by atoms with Gasteiger partial charge in [-0.3, -0.25) is 4.79 Å². The summed E-state index contributed by atoms with van der Waals surface area (Å²) in [7, 11) is 0. The van der Waals surface area contributed by atoms with Gasteiger partial charge in [0.15, 0.2) is 0 Å². The van der Waals surface area contributed by atoms with E-state index < -0.39 is 0 Å². The lowest BCUT2D eigenvalue weighted by Crippen LogP contribution is -2.47. The second-order valence-corrected chi connectivity index (χ2v) is 6.18. The van der Waals surface area contributed by atoms with Gasteiger partial charge in [-0.2, -0.15) is 10.4 Å². The molecule has 1 aliphatic rings. The fourth-order valence-corrected chi connectivity index (χ4v) is 3.46. The summed E-state index contributed by atoms with van der Waals surface area (Å²) >= 11 is 0. The molecule has 0 aromatic carbocycles. The third-order valence-electron chi connectivity index (χ3n) is 4.54. The van der Waals surface area contributed by atoms with E-state index in [4.69, 9.17) is 5.26 Å². The number of H-pyrrole nitrogens is 1. The number of pyridine rings is 1. The molecule has 3 aromatic heterocycles. The van der Waals surface area contributed by atoms with Crippen LogP contribution in [0.15, 0.2) is 24.7 Å². The monoisotopic (exact) mass is 335 g/mol. The lowest BCUT2D eigenvalue weighted by molar-refractivity contribution is -0.120. The van der Waals surface area contributed by atoms with Gasteiger partial charge in [0.2, 0.25) is 5.91 Å². The van der Waals surface area contributed by atoms with E-state index in [1.54, 1.807) is 12.4 Å². The Morgan fingerprint density at radius 1 is 1.48 bits per heavy atom. The molecule has 126 valence electrons. The van der Waals surface area contributed by atoms with E-state index in [0.717, 1.165) is 47.0 Å². The number of hydrogen-bond donors (Lipinski definition) is 2. The highest BCUT2D eigenvalue weighted by Gasteiger charge is 2.24. The first-order chi connectivity index (χ1) is 12.3. The summed E-state index contributed by atoms with van der Waals surface area (Å²) in [5.41, 5.74) is 2.56. The highest BCUT2D eigenvalue weighted by Crippen LogP contribution is 2.31. The molecule has 1 saturated heterocycles. The smallest absolute Gasteiger partial charge is 0.234 e. The van der Waals surface area contributed by atoms with E-state index in [2.05, 4.69) is 30.4 Å². The van der Waals surface area contributed by atoms with Crippen LogP contribution in [0.1, 0.15) is 19.3 Å². The van der Waals surface area contributed by atoms with Crippen LogP contribution in [0.2, 0.25) is 0 Å². The zero-order chi connectivity index (χ0) is 17.2. The Bertz CT molecular complexity index is 974. The molecule has 1 fully saturated rings. The van der Waals surface area contributed by atoms with Crippen molar-refractivity contribution < 1.29 is 4.79 Å². The van der Waals surface area contributed by atoms with E-state index in [9.17, 15) is 4.79 Å². The standard InChI is InChI=1S/C17H17N7O/c18-5-3-15(25)22-11-2-1-7-24(10-11)14-9-21-23-13-8-20-17-12(16(13)14)4-6-19-17/h4,6,8-9,11H,1-3,7,10H2,(H,19,20)(H,22,25). The van der Waals surface area contributed by atoms with Crippen LogP contribution in [0.5, 0.6) is 0 Å². The predicted octanol–water partition coefficient (Wildman–Crippen LogP) is 1.50. The average molecular weight is 335 g/mol. The van der Waals surface area contributed by atoms with Gasteiger partial charge in [0.05, 0.1) is 24.2 Å². The van der Waals surface area contributed by atoms with Gasteiger partial charge in [0, 0.05) is 36.1 Å². The Hall–Kier alpha value is -3.21. The first-order valence-electron chi connectivity index (χ1n) is 8.25. The molecule has 1 amide bonds. The van der Waals surface area contributed by atoms with Gasteiger partial charge in [-0.25, -0.2) is 4.98 Å². The first-order valence-corrected chi connectivity index (χ1v) is 8.25. The second kappa shape index (κ2) is 6.36. The van der Waals surface area contributed by atoms with E-state index in [1.165, 1.54) is 0 Å². The minimum Gasteiger partial charge on any atom is -0.368 e. The molecule has 4 rings (SSSR count). The Labute approximate surface area is 143 Å². The van der Waals surface area contributed by atoms with Gasteiger partial charge in [0.25, 0.3) is 0 Å². The Kier molecular flexibility index (Phi) is 3.90. The van der Waals surface area contributed by atoms with Gasteiger partial charge in [-0.1, -0.05) is 0 Å². The summed E-state index contributed by atoms with van der Waals surface area (Å²) in [5.74, 6) is -0.218. The molecule has 1 atom stereocenters. The quantitative estimate of drug-likeness (QED) is 0.750. The molecule has 3 aromatic rings. The summed E-state index contributed by atoms with van der Waals surface area (Å²) in [6.45, 7) is 1.58. The largest absolute Gasteiger partial charge is 0.368 e. The van der Waals surface area contributed by atoms with Crippen molar-refractivity contribution >= 4 is 33.5 Å². The molecule has 1 unspecified atom stereocenters. The maximum absolute atomic E-state index is 11.7. The summed E-state index contributed by atoms with van der Waals surface area (Å²) in [6.07, 6.45) is 7.12. The molecular formula is C17H17N7O. The zero-order valence-corrected chi connectivity index (χ0v) is 13.6. The van der Waals surface area contributed by atoms with Crippen LogP contribution in [0.25, 0.3) is 21.9 Å². The van der Waals surface area contributed by atoms with Crippen molar-refractivity contribution in [2.24, 2.45) is 0 Å². The molecule has 0 aliphatic carbocycles. The van der Waals surface area contributed by atoms with Crippen LogP contribution in [0.4, 0.5) is 5.69 Å². The summed E-state index contributed by atoms with van der Waals surface area (Å²) in [6, 6.07) is 3.91. The molecule has 8 heteroatoms. The van der Waals surface area contributed by atoms with Crippen LogP contribution in [-0.2, 0) is 4.79 Å². The van der Waals surface area contributed by atoms with Crippen molar-refractivity contribution in [2.75, 3.05) is 18.0 Å². The topological polar surface area (TPSA) is 111 Å². The van der Waals surface area contributed by atoms with Crippen molar-refractivity contribution in [2.45, 2.75) is 25.3 Å². The number of carbonyl (C=O) groups is 1. The lowest BCUT2D eigenvalue weighted by Gasteiger charge is -2.35. The van der Waals surface area contributed by atoms with Gasteiger partial charge in [-0.05, 0) is 18.9 Å². The first kappa shape index (κ1) is 15.3. The molecule has 8 nitrogen and oxygen atoms in total. The summed E-state index contributed by atoms with van der Waals surface area (Å²) in [5, 5.41) is 21.9. The number of hydrogen-bond acceptors (Lipinski definition) is 6. The number of piperidine rings is 1. The third-order valence-corrected chi connectivity index (χ3v) is 4.54. The molecule has 2 N–H and O–H groups in total. The number of aromatic amines is 1. The van der Waals surface area contributed by atoms with Crippen LogP contribution in [-0.4, -0.2) is 45.2 Å². The lowest BCUT2D eigenvalue weighted by atomic mass is 10.0. The molecule has 4 heterocycles. The van der Waals surface area contributed by atoms with E-state index in [1.807, 2.05) is 18.3 Å². The number of rotatable bonds is 3. The predicted molar refractivity (Wildman–Crippen MR) is 92.8 cm³/mol. The Morgan fingerprint density at radius 3 is 3.28 bits per heavy atom. The van der Waals surface area contributed by atoms with Crippen molar-refractivity contribution in [3.8, 4) is 6.07 Å². The van der Waals surface area contributed by atoms with E-state index >= 15 is 0 Å². The minimum atomic E-state index is -0.218. The third kappa shape index (κ3) is 2.85. The van der Waals surface area contributed by atoms with Crippen molar-refractivity contribution in [3.63, 3.8) is 0 Å². The maximum Gasteiger partial charge on any atom is 0.234 e. The molecule has 0 radical (unpaired) electrons. The molecular weight excluding hydrogens is 318 g/mol. The summed E-state index contributed by atoms with van der Waals surface area (Å²) < 4.78 is 0.